The number of nitrogens with zero attached hydrogens (tertiary/aromatic N) is 1. The van der Waals surface area contributed by atoms with Gasteiger partial charge in [0.25, 0.3) is 0 Å². The van der Waals surface area contributed by atoms with Gasteiger partial charge in [-0.15, -0.1) is 0 Å². The summed E-state index contributed by atoms with van der Waals surface area (Å²) in [6.45, 7) is 3.02. The van der Waals surface area contributed by atoms with Crippen LogP contribution in [0.3, 0.4) is 0 Å². The van der Waals surface area contributed by atoms with E-state index in [4.69, 9.17) is 15.2 Å². The van der Waals surface area contributed by atoms with Crippen LogP contribution >= 0.6 is 0 Å². The van der Waals surface area contributed by atoms with E-state index in [1.807, 2.05) is 35.2 Å². The summed E-state index contributed by atoms with van der Waals surface area (Å²) in [6.07, 6.45) is 6.36. The molecule has 0 spiro atoms. The molecule has 0 aromatic heterocycles. The summed E-state index contributed by atoms with van der Waals surface area (Å²) >= 11 is 0. The number of carbonyl (C=O) groups excluding carboxylic acids is 1. The molecule has 1 aromatic carbocycles. The van der Waals surface area contributed by atoms with E-state index in [0.29, 0.717) is 13.0 Å². The molecule has 2 aliphatic heterocycles. The Bertz CT molecular complexity index is 523. The van der Waals surface area contributed by atoms with Crippen molar-refractivity contribution in [3.63, 3.8) is 0 Å². The number of benzene rings is 1. The fourth-order valence-corrected chi connectivity index (χ4v) is 3.61. The predicted molar refractivity (Wildman–Crippen MR) is 97.3 cm³/mol. The van der Waals surface area contributed by atoms with E-state index in [1.54, 1.807) is 0 Å². The molecule has 25 heavy (non-hydrogen) atoms. The zero-order valence-corrected chi connectivity index (χ0v) is 14.9. The maximum Gasteiger partial charge on any atom is 0.239 e. The summed E-state index contributed by atoms with van der Waals surface area (Å²) < 4.78 is 11.7. The molecule has 0 bridgehead atoms. The molecular formula is C20H30N2O3. The summed E-state index contributed by atoms with van der Waals surface area (Å²) in [5, 5.41) is 0. The van der Waals surface area contributed by atoms with Crippen molar-refractivity contribution in [2.75, 3.05) is 26.3 Å². The van der Waals surface area contributed by atoms with Crippen LogP contribution in [0.5, 0.6) is 0 Å². The minimum atomic E-state index is -0.462. The molecule has 0 unspecified atom stereocenters. The number of carbonyl (C=O) groups is 1. The minimum Gasteiger partial charge on any atom is -0.376 e. The van der Waals surface area contributed by atoms with Crippen LogP contribution < -0.4 is 5.73 Å². The molecule has 2 saturated heterocycles. The van der Waals surface area contributed by atoms with Gasteiger partial charge in [-0.05, 0) is 44.1 Å². The molecule has 2 aliphatic rings. The summed E-state index contributed by atoms with van der Waals surface area (Å²) in [5.41, 5.74) is 7.24. The molecule has 2 N–H and O–H groups in total. The Kier molecular flexibility index (Phi) is 6.84. The zero-order chi connectivity index (χ0) is 17.5. The van der Waals surface area contributed by atoms with Crippen molar-refractivity contribution in [2.45, 2.75) is 56.8 Å². The molecule has 0 saturated carbocycles. The average molecular weight is 346 g/mol. The van der Waals surface area contributed by atoms with Crippen molar-refractivity contribution >= 4 is 5.91 Å². The van der Waals surface area contributed by atoms with Gasteiger partial charge in [-0.2, -0.15) is 0 Å². The standard InChI is InChI=1S/C20H30N2O3/c21-19(14-16-6-2-1-3-7-16)20(23)22-11-9-17(10-12-22)25-15-18-8-4-5-13-24-18/h1-3,6-7,17-19H,4-5,8-15,21H2/t18-,19+/m0/s1. The summed E-state index contributed by atoms with van der Waals surface area (Å²) in [6, 6.07) is 9.49. The highest BCUT2D eigenvalue weighted by molar-refractivity contribution is 5.82. The number of piperidine rings is 1. The fourth-order valence-electron chi connectivity index (χ4n) is 3.61. The van der Waals surface area contributed by atoms with Crippen LogP contribution in [0.4, 0.5) is 0 Å². The zero-order valence-electron chi connectivity index (χ0n) is 14.9. The molecule has 5 nitrogen and oxygen atoms in total. The second kappa shape index (κ2) is 9.32. The summed E-state index contributed by atoms with van der Waals surface area (Å²) in [7, 11) is 0. The maximum atomic E-state index is 12.6. The lowest BCUT2D eigenvalue weighted by atomic mass is 10.0. The number of amides is 1. The lowest BCUT2D eigenvalue weighted by Gasteiger charge is -2.34. The first kappa shape index (κ1) is 18.4. The van der Waals surface area contributed by atoms with Gasteiger partial charge < -0.3 is 20.1 Å². The van der Waals surface area contributed by atoms with E-state index in [1.165, 1.54) is 12.8 Å². The van der Waals surface area contributed by atoms with E-state index >= 15 is 0 Å². The predicted octanol–water partition coefficient (Wildman–Crippen LogP) is 2.13. The van der Waals surface area contributed by atoms with Gasteiger partial charge in [0.1, 0.15) is 0 Å². The molecule has 2 atom stereocenters. The second-order valence-corrected chi connectivity index (χ2v) is 7.14. The molecular weight excluding hydrogens is 316 g/mol. The van der Waals surface area contributed by atoms with Crippen LogP contribution in [0.1, 0.15) is 37.7 Å². The van der Waals surface area contributed by atoms with Crippen molar-refractivity contribution < 1.29 is 14.3 Å². The van der Waals surface area contributed by atoms with Crippen molar-refractivity contribution in [1.29, 1.82) is 0 Å². The fraction of sp³-hybridized carbons (Fsp3) is 0.650. The molecule has 2 heterocycles. The Morgan fingerprint density at radius 2 is 1.96 bits per heavy atom. The van der Waals surface area contributed by atoms with Gasteiger partial charge in [0, 0.05) is 19.7 Å². The average Bonchev–Trinajstić information content (AvgIpc) is 2.68. The molecule has 5 heteroatoms. The largest absolute Gasteiger partial charge is 0.376 e. The van der Waals surface area contributed by atoms with Crippen LogP contribution in [-0.2, 0) is 20.7 Å². The molecule has 0 aliphatic carbocycles. The highest BCUT2D eigenvalue weighted by Crippen LogP contribution is 2.18. The topological polar surface area (TPSA) is 64.8 Å². The Morgan fingerprint density at radius 1 is 1.20 bits per heavy atom. The number of nitrogens with two attached hydrogens (primary N) is 1. The lowest BCUT2D eigenvalue weighted by molar-refractivity contribution is -0.136. The first-order valence-corrected chi connectivity index (χ1v) is 9.54. The van der Waals surface area contributed by atoms with Gasteiger partial charge in [-0.1, -0.05) is 30.3 Å². The van der Waals surface area contributed by atoms with Crippen molar-refractivity contribution in [3.8, 4) is 0 Å². The van der Waals surface area contributed by atoms with Gasteiger partial charge in [-0.3, -0.25) is 4.79 Å². The molecule has 138 valence electrons. The van der Waals surface area contributed by atoms with Crippen LogP contribution in [0.15, 0.2) is 30.3 Å². The number of ether oxygens (including phenoxy) is 2. The normalized spacial score (nSPS) is 23.4. The van der Waals surface area contributed by atoms with Crippen molar-refractivity contribution in [1.82, 2.24) is 4.90 Å². The number of hydrogen-bond donors (Lipinski definition) is 1. The Hall–Kier alpha value is -1.43. The third kappa shape index (κ3) is 5.53. The highest BCUT2D eigenvalue weighted by atomic mass is 16.5. The first-order valence-electron chi connectivity index (χ1n) is 9.54. The number of rotatable bonds is 6. The molecule has 0 radical (unpaired) electrons. The van der Waals surface area contributed by atoms with Crippen LogP contribution in [0.25, 0.3) is 0 Å². The monoisotopic (exact) mass is 346 g/mol. The molecule has 2 fully saturated rings. The van der Waals surface area contributed by atoms with Gasteiger partial charge in [0.15, 0.2) is 0 Å². The highest BCUT2D eigenvalue weighted by Gasteiger charge is 2.27. The summed E-state index contributed by atoms with van der Waals surface area (Å²) in [5.74, 6) is 0.0536. The minimum absolute atomic E-state index is 0.0536. The van der Waals surface area contributed by atoms with E-state index in [-0.39, 0.29) is 18.1 Å². The van der Waals surface area contributed by atoms with Gasteiger partial charge in [-0.25, -0.2) is 0 Å². The Morgan fingerprint density at radius 3 is 2.64 bits per heavy atom. The first-order chi connectivity index (χ1) is 12.2. The van der Waals surface area contributed by atoms with Gasteiger partial charge in [0.05, 0.1) is 24.9 Å². The molecule has 1 amide bonds. The Labute approximate surface area is 150 Å². The quantitative estimate of drug-likeness (QED) is 0.857. The van der Waals surface area contributed by atoms with Crippen LogP contribution in [0.2, 0.25) is 0 Å². The lowest BCUT2D eigenvalue weighted by Crippen LogP contribution is -2.49. The maximum absolute atomic E-state index is 12.6. The van der Waals surface area contributed by atoms with Crippen LogP contribution in [-0.4, -0.2) is 55.4 Å². The number of hydrogen-bond acceptors (Lipinski definition) is 4. The third-order valence-electron chi connectivity index (χ3n) is 5.16. The van der Waals surface area contributed by atoms with Gasteiger partial charge in [0.2, 0.25) is 5.91 Å². The van der Waals surface area contributed by atoms with Gasteiger partial charge >= 0.3 is 0 Å². The van der Waals surface area contributed by atoms with E-state index in [2.05, 4.69) is 0 Å². The van der Waals surface area contributed by atoms with E-state index in [0.717, 1.165) is 44.5 Å². The molecule has 3 rings (SSSR count). The van der Waals surface area contributed by atoms with E-state index in [9.17, 15) is 4.79 Å². The molecule has 1 aromatic rings. The van der Waals surface area contributed by atoms with Crippen molar-refractivity contribution in [3.05, 3.63) is 35.9 Å². The Balaban J connectivity index is 1.38. The SMILES string of the molecule is N[C@H](Cc1ccccc1)C(=O)N1CCC(OC[C@@H]2CCCCO2)CC1. The smallest absolute Gasteiger partial charge is 0.239 e. The third-order valence-corrected chi connectivity index (χ3v) is 5.16. The second-order valence-electron chi connectivity index (χ2n) is 7.14. The van der Waals surface area contributed by atoms with E-state index < -0.39 is 6.04 Å². The van der Waals surface area contributed by atoms with Crippen molar-refractivity contribution in [2.24, 2.45) is 5.73 Å². The van der Waals surface area contributed by atoms with Crippen LogP contribution in [0, 0.1) is 0 Å². The summed E-state index contributed by atoms with van der Waals surface area (Å²) in [4.78, 5) is 14.4. The number of likely N-dealkylation sites (tertiary alicyclic amines) is 1.